The minimum Gasteiger partial charge on any atom is -0.462 e. The third-order valence-corrected chi connectivity index (χ3v) is 4.22. The van der Waals surface area contributed by atoms with Crippen LogP contribution in [0.25, 0.3) is 10.9 Å². The fourth-order valence-electron chi connectivity index (χ4n) is 2.84. The van der Waals surface area contributed by atoms with Gasteiger partial charge in [-0.3, -0.25) is 9.59 Å². The molecule has 1 amide bonds. The van der Waals surface area contributed by atoms with Gasteiger partial charge in [0, 0.05) is 5.69 Å². The van der Waals surface area contributed by atoms with E-state index in [1.165, 1.54) is 6.07 Å². The molecule has 0 aliphatic carbocycles. The van der Waals surface area contributed by atoms with E-state index in [1.807, 2.05) is 0 Å². The number of anilines is 1. The zero-order chi connectivity index (χ0) is 20.1. The van der Waals surface area contributed by atoms with E-state index in [2.05, 4.69) is 15.6 Å². The molecule has 144 valence electrons. The van der Waals surface area contributed by atoms with E-state index in [4.69, 9.17) is 4.74 Å². The van der Waals surface area contributed by atoms with Crippen molar-refractivity contribution in [2.45, 2.75) is 26.3 Å². The maximum absolute atomic E-state index is 12.8. The van der Waals surface area contributed by atoms with E-state index in [0.717, 1.165) is 4.68 Å². The SMILES string of the molecule is CCOC(=O)c1cccc(NC(=O)[C@H](CC)n2nnc3ccccc3c2=O)c1. The van der Waals surface area contributed by atoms with E-state index in [9.17, 15) is 14.4 Å². The van der Waals surface area contributed by atoms with Crippen molar-refractivity contribution >= 4 is 28.5 Å². The van der Waals surface area contributed by atoms with Gasteiger partial charge in [0.25, 0.3) is 5.56 Å². The van der Waals surface area contributed by atoms with Crippen molar-refractivity contribution in [1.29, 1.82) is 0 Å². The van der Waals surface area contributed by atoms with Crippen molar-refractivity contribution in [2.75, 3.05) is 11.9 Å². The largest absolute Gasteiger partial charge is 0.462 e. The van der Waals surface area contributed by atoms with Gasteiger partial charge in [0.05, 0.1) is 17.6 Å². The van der Waals surface area contributed by atoms with Crippen molar-refractivity contribution in [1.82, 2.24) is 15.0 Å². The minimum absolute atomic E-state index is 0.261. The molecule has 0 aliphatic rings. The second kappa shape index (κ2) is 8.43. The Hall–Kier alpha value is -3.55. The summed E-state index contributed by atoms with van der Waals surface area (Å²) in [4.78, 5) is 37.4. The Morgan fingerprint density at radius 1 is 1.14 bits per heavy atom. The molecule has 0 saturated heterocycles. The van der Waals surface area contributed by atoms with E-state index >= 15 is 0 Å². The molecule has 0 spiro atoms. The summed E-state index contributed by atoms with van der Waals surface area (Å²) >= 11 is 0. The molecule has 2 aromatic carbocycles. The predicted molar refractivity (Wildman–Crippen MR) is 104 cm³/mol. The molecule has 1 heterocycles. The normalized spacial score (nSPS) is 11.8. The van der Waals surface area contributed by atoms with Gasteiger partial charge in [-0.25, -0.2) is 4.79 Å². The van der Waals surface area contributed by atoms with Gasteiger partial charge in [-0.2, -0.15) is 4.68 Å². The summed E-state index contributed by atoms with van der Waals surface area (Å²) in [7, 11) is 0. The number of ether oxygens (including phenoxy) is 1. The fraction of sp³-hybridized carbons (Fsp3) is 0.250. The summed E-state index contributed by atoms with van der Waals surface area (Å²) < 4.78 is 6.06. The monoisotopic (exact) mass is 380 g/mol. The number of benzene rings is 2. The number of fused-ring (bicyclic) bond motifs is 1. The minimum atomic E-state index is -0.837. The average molecular weight is 380 g/mol. The van der Waals surface area contributed by atoms with Crippen molar-refractivity contribution in [3.05, 3.63) is 64.4 Å². The molecule has 3 rings (SSSR count). The zero-order valence-corrected chi connectivity index (χ0v) is 15.6. The number of carbonyl (C=O) groups is 2. The topological polar surface area (TPSA) is 103 Å². The molecule has 0 aliphatic heterocycles. The van der Waals surface area contributed by atoms with Crippen LogP contribution in [0.15, 0.2) is 53.3 Å². The number of nitrogens with one attached hydrogen (secondary N) is 1. The maximum atomic E-state index is 12.8. The van der Waals surface area contributed by atoms with Crippen LogP contribution in [0.2, 0.25) is 0 Å². The first-order valence-electron chi connectivity index (χ1n) is 8.97. The summed E-state index contributed by atoms with van der Waals surface area (Å²) in [6.45, 7) is 3.76. The molecule has 0 fully saturated rings. The lowest BCUT2D eigenvalue weighted by atomic mass is 10.1. The maximum Gasteiger partial charge on any atom is 0.338 e. The number of hydrogen-bond acceptors (Lipinski definition) is 6. The zero-order valence-electron chi connectivity index (χ0n) is 15.6. The molecule has 3 aromatic rings. The highest BCUT2D eigenvalue weighted by Gasteiger charge is 2.22. The first-order chi connectivity index (χ1) is 13.5. The third-order valence-electron chi connectivity index (χ3n) is 4.22. The molecular formula is C20H20N4O4. The third kappa shape index (κ3) is 3.90. The van der Waals surface area contributed by atoms with Crippen LogP contribution in [0.3, 0.4) is 0 Å². The van der Waals surface area contributed by atoms with Gasteiger partial charge in [0.1, 0.15) is 11.6 Å². The fourth-order valence-corrected chi connectivity index (χ4v) is 2.84. The Morgan fingerprint density at radius 2 is 1.93 bits per heavy atom. The molecule has 0 radical (unpaired) electrons. The van der Waals surface area contributed by atoms with Gasteiger partial charge in [-0.05, 0) is 43.7 Å². The van der Waals surface area contributed by atoms with Gasteiger partial charge in [0.15, 0.2) is 0 Å². The van der Waals surface area contributed by atoms with Crippen LogP contribution in [0, 0.1) is 0 Å². The highest BCUT2D eigenvalue weighted by atomic mass is 16.5. The second-order valence-electron chi connectivity index (χ2n) is 6.07. The number of hydrogen-bond donors (Lipinski definition) is 1. The van der Waals surface area contributed by atoms with Crippen molar-refractivity contribution in [3.8, 4) is 0 Å². The summed E-state index contributed by atoms with van der Waals surface area (Å²) in [6.07, 6.45) is 0.344. The van der Waals surface area contributed by atoms with Gasteiger partial charge in [-0.1, -0.05) is 30.3 Å². The van der Waals surface area contributed by atoms with E-state index in [1.54, 1.807) is 56.3 Å². The molecule has 28 heavy (non-hydrogen) atoms. The second-order valence-corrected chi connectivity index (χ2v) is 6.07. The van der Waals surface area contributed by atoms with Crippen LogP contribution in [0.1, 0.15) is 36.7 Å². The average Bonchev–Trinajstić information content (AvgIpc) is 2.71. The van der Waals surface area contributed by atoms with Crippen LogP contribution in [0.4, 0.5) is 5.69 Å². The smallest absolute Gasteiger partial charge is 0.338 e. The lowest BCUT2D eigenvalue weighted by molar-refractivity contribution is -0.119. The molecule has 8 heteroatoms. The van der Waals surface area contributed by atoms with E-state index < -0.39 is 17.9 Å². The predicted octanol–water partition coefficient (Wildman–Crippen LogP) is 2.56. The summed E-state index contributed by atoms with van der Waals surface area (Å²) in [5, 5.41) is 11.1. The number of aromatic nitrogens is 3. The summed E-state index contributed by atoms with van der Waals surface area (Å²) in [5.41, 5.74) is 0.847. The van der Waals surface area contributed by atoms with Crippen molar-refractivity contribution in [2.24, 2.45) is 0 Å². The van der Waals surface area contributed by atoms with Crippen LogP contribution in [-0.4, -0.2) is 33.5 Å². The quantitative estimate of drug-likeness (QED) is 0.659. The highest BCUT2D eigenvalue weighted by Crippen LogP contribution is 2.16. The van der Waals surface area contributed by atoms with Crippen LogP contribution in [-0.2, 0) is 9.53 Å². The highest BCUT2D eigenvalue weighted by molar-refractivity contribution is 5.96. The first kappa shape index (κ1) is 19.2. The van der Waals surface area contributed by atoms with E-state index in [0.29, 0.717) is 28.6 Å². The van der Waals surface area contributed by atoms with Crippen LogP contribution < -0.4 is 10.9 Å². The van der Waals surface area contributed by atoms with Crippen LogP contribution >= 0.6 is 0 Å². The lowest BCUT2D eigenvalue weighted by Crippen LogP contribution is -2.35. The Balaban J connectivity index is 1.87. The molecule has 1 atom stereocenters. The molecule has 1 aromatic heterocycles. The van der Waals surface area contributed by atoms with Gasteiger partial charge < -0.3 is 10.1 Å². The molecule has 0 saturated carbocycles. The summed E-state index contributed by atoms with van der Waals surface area (Å²) in [6, 6.07) is 12.4. The van der Waals surface area contributed by atoms with Crippen molar-refractivity contribution < 1.29 is 14.3 Å². The standard InChI is InChI=1S/C20H20N4O4/c1-3-17(24-19(26)15-10-5-6-11-16(15)22-23-24)18(25)21-14-9-7-8-13(12-14)20(27)28-4-2/h5-12,17H,3-4H2,1-2H3,(H,21,25)/t17-/m0/s1. The Kier molecular flexibility index (Phi) is 5.78. The van der Waals surface area contributed by atoms with Crippen LogP contribution in [0.5, 0.6) is 0 Å². The number of esters is 1. The molecule has 0 bridgehead atoms. The Labute approximate surface area is 161 Å². The first-order valence-corrected chi connectivity index (χ1v) is 8.97. The Morgan fingerprint density at radius 3 is 2.68 bits per heavy atom. The number of rotatable bonds is 6. The Bertz CT molecular complexity index is 1080. The number of nitrogens with zero attached hydrogens (tertiary/aromatic N) is 3. The molecule has 8 nitrogen and oxygen atoms in total. The molecular weight excluding hydrogens is 360 g/mol. The van der Waals surface area contributed by atoms with E-state index in [-0.39, 0.29) is 12.2 Å². The van der Waals surface area contributed by atoms with Gasteiger partial charge in [-0.15, -0.1) is 5.10 Å². The lowest BCUT2D eigenvalue weighted by Gasteiger charge is -2.16. The van der Waals surface area contributed by atoms with Gasteiger partial charge in [0.2, 0.25) is 5.91 Å². The van der Waals surface area contributed by atoms with Crippen molar-refractivity contribution in [3.63, 3.8) is 0 Å². The molecule has 0 unspecified atom stereocenters. The summed E-state index contributed by atoms with van der Waals surface area (Å²) in [5.74, 6) is -0.891. The molecule has 1 N–H and O–H groups in total. The number of carbonyl (C=O) groups excluding carboxylic acids is 2. The number of amides is 1. The van der Waals surface area contributed by atoms with Gasteiger partial charge >= 0.3 is 5.97 Å².